The second kappa shape index (κ2) is 5.69. The van der Waals surface area contributed by atoms with E-state index in [4.69, 9.17) is 0 Å². The molecule has 1 N–H and O–H groups in total. The summed E-state index contributed by atoms with van der Waals surface area (Å²) in [5.74, 6) is -0.938. The number of carboxylic acids is 1. The third kappa shape index (κ3) is 2.75. The first-order valence-electron chi connectivity index (χ1n) is 6.44. The molecule has 1 aromatic carbocycles. The van der Waals surface area contributed by atoms with Gasteiger partial charge in [-0.15, -0.1) is 10.2 Å². The zero-order valence-electron chi connectivity index (χ0n) is 11.6. The van der Waals surface area contributed by atoms with Crippen LogP contribution in [-0.2, 0) is 0 Å². The van der Waals surface area contributed by atoms with Crippen molar-refractivity contribution in [3.8, 4) is 0 Å². The summed E-state index contributed by atoms with van der Waals surface area (Å²) in [5.41, 5.74) is 2.02. The summed E-state index contributed by atoms with van der Waals surface area (Å²) in [6, 6.07) is 10.9. The highest BCUT2D eigenvalue weighted by atomic mass is 79.9. The van der Waals surface area contributed by atoms with Crippen LogP contribution in [0.3, 0.4) is 0 Å². The van der Waals surface area contributed by atoms with Crippen LogP contribution in [0.4, 0.5) is 11.5 Å². The lowest BCUT2D eigenvalue weighted by atomic mass is 10.3. The van der Waals surface area contributed by atoms with E-state index in [1.165, 1.54) is 0 Å². The third-order valence-corrected chi connectivity index (χ3v) is 3.52. The fourth-order valence-electron chi connectivity index (χ4n) is 2.02. The highest BCUT2D eigenvalue weighted by Gasteiger charge is 2.18. The maximum absolute atomic E-state index is 11.4. The Kier molecular flexibility index (Phi) is 3.72. The fourth-order valence-corrected chi connectivity index (χ4v) is 2.40. The van der Waals surface area contributed by atoms with Crippen LogP contribution in [0.1, 0.15) is 16.1 Å². The second-order valence-corrected chi connectivity index (χ2v) is 5.62. The van der Waals surface area contributed by atoms with E-state index >= 15 is 0 Å². The molecule has 0 atom stereocenters. The number of aromatic nitrogens is 2. The molecule has 3 aromatic rings. The molecule has 0 aliphatic heterocycles. The molecule has 110 valence electrons. The molecule has 3 rings (SSSR count). The molecule has 6 nitrogen and oxygen atoms in total. The summed E-state index contributed by atoms with van der Waals surface area (Å²) < 4.78 is 2.48. The van der Waals surface area contributed by atoms with E-state index in [0.717, 1.165) is 10.0 Å². The van der Waals surface area contributed by atoms with Gasteiger partial charge in [-0.3, -0.25) is 4.40 Å². The van der Waals surface area contributed by atoms with Crippen molar-refractivity contribution < 1.29 is 9.90 Å². The first kappa shape index (κ1) is 14.4. The maximum Gasteiger partial charge on any atom is 0.358 e. The van der Waals surface area contributed by atoms with Gasteiger partial charge in [-0.05, 0) is 42.8 Å². The number of hydrogen-bond donors (Lipinski definition) is 1. The molecule has 0 aliphatic carbocycles. The zero-order chi connectivity index (χ0) is 15.7. The molecule has 7 heteroatoms. The molecule has 0 bridgehead atoms. The Balaban J connectivity index is 2.12. The van der Waals surface area contributed by atoms with Gasteiger partial charge in [0, 0.05) is 10.7 Å². The van der Waals surface area contributed by atoms with Gasteiger partial charge < -0.3 is 5.11 Å². The number of hydrogen-bond acceptors (Lipinski definition) is 4. The van der Waals surface area contributed by atoms with E-state index in [1.54, 1.807) is 28.8 Å². The lowest BCUT2D eigenvalue weighted by Crippen LogP contribution is -1.96. The van der Waals surface area contributed by atoms with Gasteiger partial charge in [0.2, 0.25) is 0 Å². The van der Waals surface area contributed by atoms with Crippen molar-refractivity contribution in [2.45, 2.75) is 6.92 Å². The molecule has 0 saturated heterocycles. The number of nitrogens with zero attached hydrogens (tertiary/aromatic N) is 4. The van der Waals surface area contributed by atoms with Crippen LogP contribution in [0.25, 0.3) is 5.65 Å². The minimum absolute atomic E-state index is 0.121. The van der Waals surface area contributed by atoms with E-state index in [0.29, 0.717) is 11.3 Å². The Bertz CT molecular complexity index is 902. The molecule has 2 heterocycles. The number of pyridine rings is 1. The fraction of sp³-hybridized carbons (Fsp3) is 0.0667. The number of carbonyl (C=O) groups is 1. The highest BCUT2D eigenvalue weighted by Crippen LogP contribution is 2.26. The van der Waals surface area contributed by atoms with Crippen LogP contribution < -0.4 is 0 Å². The number of fused-ring (bicyclic) bond motifs is 1. The van der Waals surface area contributed by atoms with Gasteiger partial charge in [0.1, 0.15) is 5.65 Å². The van der Waals surface area contributed by atoms with Crippen molar-refractivity contribution in [3.05, 3.63) is 58.3 Å². The normalized spacial score (nSPS) is 11.4. The second-order valence-electron chi connectivity index (χ2n) is 4.70. The van der Waals surface area contributed by atoms with E-state index in [1.807, 2.05) is 25.1 Å². The SMILES string of the molecule is Cc1ccn2c(N=Nc3cccc(Br)c3)c(C(=O)O)nc2c1. The summed E-state index contributed by atoms with van der Waals surface area (Å²) >= 11 is 3.35. The van der Waals surface area contributed by atoms with Crippen LogP contribution >= 0.6 is 15.9 Å². The van der Waals surface area contributed by atoms with E-state index in [-0.39, 0.29) is 11.5 Å². The molecule has 0 aliphatic rings. The van der Waals surface area contributed by atoms with E-state index < -0.39 is 5.97 Å². The van der Waals surface area contributed by atoms with Crippen molar-refractivity contribution in [2.75, 3.05) is 0 Å². The minimum Gasteiger partial charge on any atom is -0.476 e. The van der Waals surface area contributed by atoms with Crippen molar-refractivity contribution in [1.82, 2.24) is 9.38 Å². The van der Waals surface area contributed by atoms with E-state index in [9.17, 15) is 9.90 Å². The van der Waals surface area contributed by atoms with E-state index in [2.05, 4.69) is 31.1 Å². The zero-order valence-corrected chi connectivity index (χ0v) is 13.1. The van der Waals surface area contributed by atoms with Crippen LogP contribution in [0.2, 0.25) is 0 Å². The standard InChI is InChI=1S/C15H11BrN4O2/c1-9-5-6-20-12(7-9)17-13(15(21)22)14(20)19-18-11-4-2-3-10(16)8-11/h2-8H,1H3,(H,21,22). The summed E-state index contributed by atoms with van der Waals surface area (Å²) in [5, 5.41) is 17.5. The average molecular weight is 359 g/mol. The molecular formula is C15H11BrN4O2. The molecular weight excluding hydrogens is 348 g/mol. The largest absolute Gasteiger partial charge is 0.476 e. The van der Waals surface area contributed by atoms with Crippen molar-refractivity contribution >= 4 is 39.1 Å². The number of aryl methyl sites for hydroxylation is 1. The van der Waals surface area contributed by atoms with Gasteiger partial charge in [0.15, 0.2) is 11.5 Å². The van der Waals surface area contributed by atoms with Crippen LogP contribution in [0.5, 0.6) is 0 Å². The van der Waals surface area contributed by atoms with Crippen LogP contribution in [-0.4, -0.2) is 20.5 Å². The number of carboxylic acid groups (broad SMARTS) is 1. The average Bonchev–Trinajstić information content (AvgIpc) is 2.83. The smallest absolute Gasteiger partial charge is 0.358 e. The Labute approximate surface area is 134 Å². The van der Waals surface area contributed by atoms with Gasteiger partial charge in [-0.1, -0.05) is 22.0 Å². The Morgan fingerprint density at radius 1 is 1.27 bits per heavy atom. The summed E-state index contributed by atoms with van der Waals surface area (Å²) in [6.45, 7) is 1.91. The topological polar surface area (TPSA) is 79.3 Å². The Hall–Kier alpha value is -2.54. The maximum atomic E-state index is 11.4. The molecule has 0 amide bonds. The van der Waals surface area contributed by atoms with Crippen LogP contribution in [0, 0.1) is 6.92 Å². The van der Waals surface area contributed by atoms with Gasteiger partial charge >= 0.3 is 5.97 Å². The van der Waals surface area contributed by atoms with Gasteiger partial charge in [-0.25, -0.2) is 9.78 Å². The van der Waals surface area contributed by atoms with Crippen molar-refractivity contribution in [1.29, 1.82) is 0 Å². The Morgan fingerprint density at radius 3 is 2.82 bits per heavy atom. The quantitative estimate of drug-likeness (QED) is 0.699. The summed E-state index contributed by atoms with van der Waals surface area (Å²) in [6.07, 6.45) is 1.74. The predicted molar refractivity (Wildman–Crippen MR) is 85.2 cm³/mol. The number of benzene rings is 1. The molecule has 0 radical (unpaired) electrons. The van der Waals surface area contributed by atoms with Crippen molar-refractivity contribution in [2.24, 2.45) is 10.2 Å². The molecule has 22 heavy (non-hydrogen) atoms. The molecule has 2 aromatic heterocycles. The monoisotopic (exact) mass is 358 g/mol. The molecule has 0 saturated carbocycles. The minimum atomic E-state index is -1.13. The van der Waals surface area contributed by atoms with Crippen molar-refractivity contribution in [3.63, 3.8) is 0 Å². The summed E-state index contributed by atoms with van der Waals surface area (Å²) in [7, 11) is 0. The predicted octanol–water partition coefficient (Wildman–Crippen LogP) is 4.52. The number of halogens is 1. The van der Waals surface area contributed by atoms with Gasteiger partial charge in [0.25, 0.3) is 0 Å². The van der Waals surface area contributed by atoms with Gasteiger partial charge in [0.05, 0.1) is 5.69 Å². The van der Waals surface area contributed by atoms with Crippen LogP contribution in [0.15, 0.2) is 57.3 Å². The highest BCUT2D eigenvalue weighted by molar-refractivity contribution is 9.10. The molecule has 0 unspecified atom stereocenters. The number of aromatic carboxylic acids is 1. The van der Waals surface area contributed by atoms with Gasteiger partial charge in [-0.2, -0.15) is 0 Å². The lowest BCUT2D eigenvalue weighted by molar-refractivity contribution is 0.0692. The lowest BCUT2D eigenvalue weighted by Gasteiger charge is -1.98. The first-order chi connectivity index (χ1) is 10.5. The summed E-state index contributed by atoms with van der Waals surface area (Å²) in [4.78, 5) is 15.5. The number of rotatable bonds is 3. The molecule has 0 spiro atoms. The number of azo groups is 1. The molecule has 0 fully saturated rings. The Morgan fingerprint density at radius 2 is 2.09 bits per heavy atom. The third-order valence-electron chi connectivity index (χ3n) is 3.03. The first-order valence-corrected chi connectivity index (χ1v) is 7.23. The number of imidazole rings is 1.